The summed E-state index contributed by atoms with van der Waals surface area (Å²) in [5.41, 5.74) is 2.74. The molecule has 158 valence electrons. The number of nitrogens with zero attached hydrogens (tertiary/aromatic N) is 4. The van der Waals surface area contributed by atoms with E-state index in [1.54, 1.807) is 4.90 Å². The van der Waals surface area contributed by atoms with Crippen LogP contribution in [0.2, 0.25) is 0 Å². The van der Waals surface area contributed by atoms with Gasteiger partial charge in [-0.25, -0.2) is 0 Å². The standard InChI is InChI=1S/C23H35N5O/c1-24-23(28-17-12-20(13-18-28)19-9-5-4-6-10-19)25-14-8-16-27-15-7-11-21(27)22(29)26(2)3/h4-6,9-10,12,21H,7-8,11,13-18H2,1-3H3,(H,24,25). The van der Waals surface area contributed by atoms with E-state index in [0.717, 1.165) is 64.4 Å². The number of guanidine groups is 1. The van der Waals surface area contributed by atoms with Crippen molar-refractivity contribution in [2.24, 2.45) is 4.99 Å². The van der Waals surface area contributed by atoms with Crippen LogP contribution in [0.4, 0.5) is 0 Å². The van der Waals surface area contributed by atoms with Gasteiger partial charge in [0.1, 0.15) is 0 Å². The van der Waals surface area contributed by atoms with Crippen LogP contribution >= 0.6 is 0 Å². The van der Waals surface area contributed by atoms with Crippen molar-refractivity contribution in [1.82, 2.24) is 20.0 Å². The smallest absolute Gasteiger partial charge is 0.239 e. The van der Waals surface area contributed by atoms with Crippen molar-refractivity contribution in [2.45, 2.75) is 31.7 Å². The number of likely N-dealkylation sites (tertiary alicyclic amines) is 1. The molecule has 1 saturated heterocycles. The molecule has 1 N–H and O–H groups in total. The summed E-state index contributed by atoms with van der Waals surface area (Å²) in [4.78, 5) is 23.1. The first-order chi connectivity index (χ1) is 14.1. The molecule has 1 aromatic carbocycles. The lowest BCUT2D eigenvalue weighted by Gasteiger charge is -2.30. The minimum absolute atomic E-state index is 0.0629. The highest BCUT2D eigenvalue weighted by molar-refractivity contribution is 5.82. The molecule has 6 nitrogen and oxygen atoms in total. The summed E-state index contributed by atoms with van der Waals surface area (Å²) in [6, 6.07) is 10.7. The summed E-state index contributed by atoms with van der Waals surface area (Å²) in [6.45, 7) is 4.71. The van der Waals surface area contributed by atoms with Crippen LogP contribution in [0, 0.1) is 0 Å². The molecular weight excluding hydrogens is 362 g/mol. The molecule has 29 heavy (non-hydrogen) atoms. The highest BCUT2D eigenvalue weighted by Gasteiger charge is 2.31. The number of aliphatic imine (C=N–C) groups is 1. The van der Waals surface area contributed by atoms with Gasteiger partial charge in [-0.3, -0.25) is 14.7 Å². The molecule has 3 rings (SSSR count). The average molecular weight is 398 g/mol. The zero-order valence-electron chi connectivity index (χ0n) is 18.1. The summed E-state index contributed by atoms with van der Waals surface area (Å²) < 4.78 is 0. The second kappa shape index (κ2) is 10.4. The molecule has 2 aliphatic heterocycles. The second-order valence-electron chi connectivity index (χ2n) is 8.05. The number of hydrogen-bond donors (Lipinski definition) is 1. The van der Waals surface area contributed by atoms with Crippen LogP contribution in [0.15, 0.2) is 41.4 Å². The summed E-state index contributed by atoms with van der Waals surface area (Å²) in [6.07, 6.45) is 6.45. The Morgan fingerprint density at radius 1 is 1.24 bits per heavy atom. The number of amides is 1. The maximum atomic E-state index is 12.3. The Morgan fingerprint density at radius 2 is 2.03 bits per heavy atom. The SMILES string of the molecule is CN=C(NCCCN1CCCC1C(=O)N(C)C)N1CC=C(c2ccccc2)CC1. The number of benzene rings is 1. The van der Waals surface area contributed by atoms with Gasteiger partial charge in [-0.2, -0.15) is 0 Å². The van der Waals surface area contributed by atoms with E-state index in [1.807, 2.05) is 21.1 Å². The van der Waals surface area contributed by atoms with Crippen LogP contribution in [-0.4, -0.2) is 86.5 Å². The minimum Gasteiger partial charge on any atom is -0.356 e. The number of hydrogen-bond acceptors (Lipinski definition) is 3. The third-order valence-corrected chi connectivity index (χ3v) is 5.86. The topological polar surface area (TPSA) is 51.2 Å². The first-order valence-corrected chi connectivity index (χ1v) is 10.8. The predicted octanol–water partition coefficient (Wildman–Crippen LogP) is 2.29. The van der Waals surface area contributed by atoms with Gasteiger partial charge in [-0.05, 0) is 43.4 Å². The summed E-state index contributed by atoms with van der Waals surface area (Å²) >= 11 is 0. The third kappa shape index (κ3) is 5.60. The van der Waals surface area contributed by atoms with Crippen molar-refractivity contribution in [2.75, 3.05) is 53.9 Å². The normalized spacial score (nSPS) is 20.5. The molecule has 2 aliphatic rings. The van der Waals surface area contributed by atoms with Gasteiger partial charge in [0.2, 0.25) is 5.91 Å². The third-order valence-electron chi connectivity index (χ3n) is 5.86. The summed E-state index contributed by atoms with van der Waals surface area (Å²) in [5.74, 6) is 1.20. The van der Waals surface area contributed by atoms with E-state index in [2.05, 4.69) is 56.5 Å². The van der Waals surface area contributed by atoms with Gasteiger partial charge in [0.15, 0.2) is 5.96 Å². The zero-order valence-corrected chi connectivity index (χ0v) is 18.1. The lowest BCUT2D eigenvalue weighted by atomic mass is 10.00. The minimum atomic E-state index is 0.0629. The van der Waals surface area contributed by atoms with E-state index in [0.29, 0.717) is 0 Å². The van der Waals surface area contributed by atoms with Crippen molar-refractivity contribution in [3.63, 3.8) is 0 Å². The molecule has 0 spiro atoms. The fourth-order valence-electron chi connectivity index (χ4n) is 4.26. The van der Waals surface area contributed by atoms with Crippen molar-refractivity contribution in [3.05, 3.63) is 42.0 Å². The van der Waals surface area contributed by atoms with E-state index in [4.69, 9.17) is 0 Å². The first kappa shape index (κ1) is 21.4. The Kier molecular flexibility index (Phi) is 7.69. The molecule has 0 saturated carbocycles. The monoisotopic (exact) mass is 397 g/mol. The van der Waals surface area contributed by atoms with Gasteiger partial charge in [0.25, 0.3) is 0 Å². The van der Waals surface area contributed by atoms with Gasteiger partial charge in [0.05, 0.1) is 6.04 Å². The molecule has 1 amide bonds. The van der Waals surface area contributed by atoms with Crippen LogP contribution in [0.25, 0.3) is 5.57 Å². The molecule has 0 radical (unpaired) electrons. The molecule has 1 unspecified atom stereocenters. The van der Waals surface area contributed by atoms with Crippen LogP contribution < -0.4 is 5.32 Å². The van der Waals surface area contributed by atoms with Gasteiger partial charge >= 0.3 is 0 Å². The number of rotatable bonds is 6. The van der Waals surface area contributed by atoms with Crippen molar-refractivity contribution < 1.29 is 4.79 Å². The Bertz CT molecular complexity index is 728. The van der Waals surface area contributed by atoms with Crippen molar-refractivity contribution >= 4 is 17.4 Å². The average Bonchev–Trinajstić information content (AvgIpc) is 3.22. The van der Waals surface area contributed by atoms with Crippen LogP contribution in [0.3, 0.4) is 0 Å². The maximum Gasteiger partial charge on any atom is 0.239 e. The lowest BCUT2D eigenvalue weighted by molar-refractivity contribution is -0.133. The molecule has 0 aromatic heterocycles. The molecule has 0 aliphatic carbocycles. The van der Waals surface area contributed by atoms with E-state index in [9.17, 15) is 4.79 Å². The highest BCUT2D eigenvalue weighted by Crippen LogP contribution is 2.22. The lowest BCUT2D eigenvalue weighted by Crippen LogP contribution is -2.45. The van der Waals surface area contributed by atoms with Crippen LogP contribution in [-0.2, 0) is 4.79 Å². The number of carbonyl (C=O) groups excluding carboxylic acids is 1. The van der Waals surface area contributed by atoms with Crippen LogP contribution in [0.1, 0.15) is 31.2 Å². The van der Waals surface area contributed by atoms with Gasteiger partial charge < -0.3 is 15.1 Å². The number of carbonyl (C=O) groups is 1. The molecule has 1 aromatic rings. The number of likely N-dealkylation sites (N-methyl/N-ethyl adjacent to an activating group) is 1. The summed E-state index contributed by atoms with van der Waals surface area (Å²) in [5, 5.41) is 3.51. The molecule has 1 atom stereocenters. The van der Waals surface area contributed by atoms with Gasteiger partial charge in [0, 0.05) is 47.3 Å². The van der Waals surface area contributed by atoms with Gasteiger partial charge in [-0.15, -0.1) is 0 Å². The predicted molar refractivity (Wildman–Crippen MR) is 120 cm³/mol. The van der Waals surface area contributed by atoms with E-state index < -0.39 is 0 Å². The van der Waals surface area contributed by atoms with Crippen LogP contribution in [0.5, 0.6) is 0 Å². The Morgan fingerprint density at radius 3 is 2.69 bits per heavy atom. The number of nitrogens with one attached hydrogen (secondary N) is 1. The van der Waals surface area contributed by atoms with E-state index in [-0.39, 0.29) is 11.9 Å². The first-order valence-electron chi connectivity index (χ1n) is 10.8. The van der Waals surface area contributed by atoms with E-state index >= 15 is 0 Å². The van der Waals surface area contributed by atoms with E-state index in [1.165, 1.54) is 11.1 Å². The Labute approximate surface area is 175 Å². The second-order valence-corrected chi connectivity index (χ2v) is 8.05. The molecule has 1 fully saturated rings. The fraction of sp³-hybridized carbons (Fsp3) is 0.565. The Balaban J connectivity index is 1.43. The van der Waals surface area contributed by atoms with Crippen molar-refractivity contribution in [1.29, 1.82) is 0 Å². The fourth-order valence-corrected chi connectivity index (χ4v) is 4.26. The Hall–Kier alpha value is -2.34. The quantitative estimate of drug-likeness (QED) is 0.455. The largest absolute Gasteiger partial charge is 0.356 e. The molecule has 6 heteroatoms. The summed E-state index contributed by atoms with van der Waals surface area (Å²) in [7, 11) is 5.55. The highest BCUT2D eigenvalue weighted by atomic mass is 16.2. The van der Waals surface area contributed by atoms with Gasteiger partial charge in [-0.1, -0.05) is 36.4 Å². The zero-order chi connectivity index (χ0) is 20.6. The molecule has 0 bridgehead atoms. The maximum absolute atomic E-state index is 12.3. The molecule has 2 heterocycles. The van der Waals surface area contributed by atoms with Crippen molar-refractivity contribution in [3.8, 4) is 0 Å². The molecular formula is C23H35N5O.